The molecule has 8 nitrogen and oxygen atoms in total. The Morgan fingerprint density at radius 2 is 1.93 bits per heavy atom. The second-order valence-corrected chi connectivity index (χ2v) is 7.50. The molecule has 0 atom stereocenters. The van der Waals surface area contributed by atoms with Gasteiger partial charge in [0.2, 0.25) is 0 Å². The Labute approximate surface area is 164 Å². The maximum atomic E-state index is 4.82. The first-order chi connectivity index (χ1) is 13.1. The number of pyridine rings is 1. The minimum Gasteiger partial charge on any atom is -0.355 e. The third kappa shape index (κ3) is 2.53. The Balaban J connectivity index is 1.77. The molecule has 1 fully saturated rings. The fourth-order valence-electron chi connectivity index (χ4n) is 3.44. The molecule has 27 heavy (non-hydrogen) atoms. The van der Waals surface area contributed by atoms with E-state index in [4.69, 9.17) is 4.98 Å². The lowest BCUT2D eigenvalue weighted by Gasteiger charge is -2.32. The van der Waals surface area contributed by atoms with Crippen molar-refractivity contribution in [3.63, 3.8) is 0 Å². The van der Waals surface area contributed by atoms with Gasteiger partial charge in [-0.2, -0.15) is 10.2 Å². The van der Waals surface area contributed by atoms with Gasteiger partial charge in [-0.05, 0) is 41.4 Å². The number of hydrogen-bond acceptors (Lipinski definition) is 6. The number of nitrogens with zero attached hydrogens (tertiary/aromatic N) is 8. The van der Waals surface area contributed by atoms with Crippen LogP contribution in [0.4, 0.5) is 5.82 Å². The van der Waals surface area contributed by atoms with E-state index >= 15 is 0 Å². The van der Waals surface area contributed by atoms with Gasteiger partial charge in [0.25, 0.3) is 0 Å². The van der Waals surface area contributed by atoms with Crippen molar-refractivity contribution in [3.05, 3.63) is 41.2 Å². The van der Waals surface area contributed by atoms with E-state index in [1.807, 2.05) is 41.5 Å². The third-order valence-corrected chi connectivity index (χ3v) is 5.36. The van der Waals surface area contributed by atoms with Gasteiger partial charge in [-0.1, -0.05) is 0 Å². The van der Waals surface area contributed by atoms with Crippen LogP contribution < -0.4 is 4.90 Å². The van der Waals surface area contributed by atoms with Gasteiger partial charge in [0.1, 0.15) is 23.4 Å². The number of aryl methyl sites for hydroxylation is 2. The number of imidazole rings is 1. The van der Waals surface area contributed by atoms with Crippen LogP contribution in [0.2, 0.25) is 0 Å². The highest BCUT2D eigenvalue weighted by Gasteiger charge is 2.26. The Morgan fingerprint density at radius 3 is 2.63 bits per heavy atom. The lowest BCUT2D eigenvalue weighted by molar-refractivity contribution is 0.608. The van der Waals surface area contributed by atoms with Crippen molar-refractivity contribution in [1.29, 1.82) is 0 Å². The van der Waals surface area contributed by atoms with E-state index in [0.717, 1.165) is 57.4 Å². The fraction of sp³-hybridized carbons (Fsp3) is 0.278. The predicted molar refractivity (Wildman–Crippen MR) is 105 cm³/mol. The molecular weight excluding hydrogens is 408 g/mol. The monoisotopic (exact) mass is 424 g/mol. The summed E-state index contributed by atoms with van der Waals surface area (Å²) in [7, 11) is 1.92. The van der Waals surface area contributed by atoms with Gasteiger partial charge in [-0.25, -0.2) is 14.5 Å². The molecule has 4 aromatic rings. The highest BCUT2D eigenvalue weighted by Crippen LogP contribution is 2.36. The molecular formula is C18H17BrN8. The van der Waals surface area contributed by atoms with Crippen LogP contribution in [0.1, 0.15) is 12.2 Å². The quantitative estimate of drug-likeness (QED) is 0.503. The number of halogens is 1. The van der Waals surface area contributed by atoms with Crippen LogP contribution in [0.5, 0.6) is 0 Å². The number of aromatic nitrogens is 7. The van der Waals surface area contributed by atoms with E-state index in [0.29, 0.717) is 0 Å². The second kappa shape index (κ2) is 6.12. The van der Waals surface area contributed by atoms with E-state index < -0.39 is 0 Å². The van der Waals surface area contributed by atoms with Crippen LogP contribution in [0, 0.1) is 6.92 Å². The smallest absolute Gasteiger partial charge is 0.158 e. The molecule has 0 saturated carbocycles. The minimum atomic E-state index is 0.822. The molecule has 5 rings (SSSR count). The number of fused-ring (bicyclic) bond motifs is 1. The Morgan fingerprint density at radius 1 is 1.07 bits per heavy atom. The van der Waals surface area contributed by atoms with Gasteiger partial charge >= 0.3 is 0 Å². The van der Waals surface area contributed by atoms with Crippen LogP contribution in [-0.2, 0) is 7.05 Å². The summed E-state index contributed by atoms with van der Waals surface area (Å²) in [5.41, 5.74) is 4.44. The molecule has 0 amide bonds. The van der Waals surface area contributed by atoms with Crippen molar-refractivity contribution in [2.75, 3.05) is 18.0 Å². The highest BCUT2D eigenvalue weighted by atomic mass is 79.9. The van der Waals surface area contributed by atoms with Crippen molar-refractivity contribution in [3.8, 4) is 22.6 Å². The second-order valence-electron chi connectivity index (χ2n) is 6.58. The van der Waals surface area contributed by atoms with E-state index in [1.165, 1.54) is 6.42 Å². The van der Waals surface area contributed by atoms with Crippen molar-refractivity contribution in [1.82, 2.24) is 34.3 Å². The third-order valence-electron chi connectivity index (χ3n) is 4.89. The largest absolute Gasteiger partial charge is 0.355 e. The van der Waals surface area contributed by atoms with E-state index in [1.54, 1.807) is 12.5 Å². The lowest BCUT2D eigenvalue weighted by atomic mass is 10.1. The molecule has 1 aliphatic heterocycles. The highest BCUT2D eigenvalue weighted by molar-refractivity contribution is 9.10. The molecule has 0 N–H and O–H groups in total. The van der Waals surface area contributed by atoms with Gasteiger partial charge in [0.15, 0.2) is 5.82 Å². The molecule has 4 aromatic heterocycles. The normalized spacial score (nSPS) is 14.0. The summed E-state index contributed by atoms with van der Waals surface area (Å²) < 4.78 is 4.63. The first kappa shape index (κ1) is 16.4. The van der Waals surface area contributed by atoms with Gasteiger partial charge in [-0.15, -0.1) is 0 Å². The van der Waals surface area contributed by atoms with E-state index in [9.17, 15) is 0 Å². The summed E-state index contributed by atoms with van der Waals surface area (Å²) >= 11 is 3.44. The SMILES string of the molecule is Cc1nc(-c2cnn(C)c2-c2ccc(Br)cn2)c2c(N3CCC3)ncnn12. The van der Waals surface area contributed by atoms with Gasteiger partial charge in [0, 0.05) is 30.8 Å². The lowest BCUT2D eigenvalue weighted by Crippen LogP contribution is -2.38. The first-order valence-electron chi connectivity index (χ1n) is 8.73. The van der Waals surface area contributed by atoms with Crippen molar-refractivity contribution >= 4 is 27.3 Å². The molecule has 0 spiro atoms. The summed E-state index contributed by atoms with van der Waals surface area (Å²) in [6.45, 7) is 3.96. The summed E-state index contributed by atoms with van der Waals surface area (Å²) in [4.78, 5) is 16.2. The van der Waals surface area contributed by atoms with Crippen LogP contribution in [-0.4, -0.2) is 47.4 Å². The zero-order valence-corrected chi connectivity index (χ0v) is 16.5. The van der Waals surface area contributed by atoms with Crippen LogP contribution in [0.3, 0.4) is 0 Å². The minimum absolute atomic E-state index is 0.822. The Hall–Kier alpha value is -2.81. The summed E-state index contributed by atoms with van der Waals surface area (Å²) in [5, 5.41) is 8.89. The zero-order valence-electron chi connectivity index (χ0n) is 15.0. The van der Waals surface area contributed by atoms with Gasteiger partial charge < -0.3 is 4.90 Å². The van der Waals surface area contributed by atoms with Crippen LogP contribution >= 0.6 is 15.9 Å². The van der Waals surface area contributed by atoms with Gasteiger partial charge in [-0.3, -0.25) is 9.67 Å². The number of anilines is 1. The summed E-state index contributed by atoms with van der Waals surface area (Å²) in [6.07, 6.45) is 6.41. The zero-order chi connectivity index (χ0) is 18.5. The molecule has 136 valence electrons. The number of hydrogen-bond donors (Lipinski definition) is 0. The maximum Gasteiger partial charge on any atom is 0.158 e. The topological polar surface area (TPSA) is 77.0 Å². The molecule has 0 bridgehead atoms. The molecule has 9 heteroatoms. The molecule has 0 radical (unpaired) electrons. The number of rotatable bonds is 3. The van der Waals surface area contributed by atoms with E-state index in [-0.39, 0.29) is 0 Å². The maximum absolute atomic E-state index is 4.82. The molecule has 0 aliphatic carbocycles. The fourth-order valence-corrected chi connectivity index (χ4v) is 3.67. The predicted octanol–water partition coefficient (Wildman–Crippen LogP) is 2.87. The van der Waals surface area contributed by atoms with Crippen LogP contribution in [0.15, 0.2) is 35.3 Å². The average Bonchev–Trinajstić information content (AvgIpc) is 3.16. The Kier molecular flexibility index (Phi) is 3.71. The first-order valence-corrected chi connectivity index (χ1v) is 9.52. The standard InChI is InChI=1S/C18H17BrN8/c1-11-24-15(17-18(26-6-3-7-26)21-10-23-27(11)17)13-9-22-25(2)16(13)14-5-4-12(19)8-20-14/h4-5,8-10H,3,6-7H2,1-2H3. The summed E-state index contributed by atoms with van der Waals surface area (Å²) in [5.74, 6) is 1.74. The van der Waals surface area contributed by atoms with Crippen LogP contribution in [0.25, 0.3) is 28.2 Å². The molecule has 5 heterocycles. The molecule has 1 aliphatic rings. The molecule has 0 unspecified atom stereocenters. The average molecular weight is 425 g/mol. The van der Waals surface area contributed by atoms with Crippen molar-refractivity contribution < 1.29 is 0 Å². The van der Waals surface area contributed by atoms with Gasteiger partial charge in [0.05, 0.1) is 23.1 Å². The molecule has 0 aromatic carbocycles. The van der Waals surface area contributed by atoms with E-state index in [2.05, 4.69) is 41.0 Å². The molecule has 1 saturated heterocycles. The summed E-state index contributed by atoms with van der Waals surface area (Å²) in [6, 6.07) is 3.95. The Bertz CT molecular complexity index is 1140. The van der Waals surface area contributed by atoms with Crippen molar-refractivity contribution in [2.45, 2.75) is 13.3 Å². The van der Waals surface area contributed by atoms with Crippen molar-refractivity contribution in [2.24, 2.45) is 7.05 Å².